The molecule has 0 saturated heterocycles. The zero-order valence-corrected chi connectivity index (χ0v) is 8.95. The minimum atomic E-state index is -0.144. The van der Waals surface area contributed by atoms with E-state index < -0.39 is 0 Å². The first-order valence-electron chi connectivity index (χ1n) is 4.66. The van der Waals surface area contributed by atoms with Crippen LogP contribution >= 0.6 is 0 Å². The van der Waals surface area contributed by atoms with Crippen molar-refractivity contribution in [3.63, 3.8) is 0 Å². The molecule has 1 aromatic rings. The van der Waals surface area contributed by atoms with Crippen LogP contribution in [-0.4, -0.2) is 29.2 Å². The molecule has 0 spiro atoms. The summed E-state index contributed by atoms with van der Waals surface area (Å²) in [7, 11) is 1.71. The van der Waals surface area contributed by atoms with Crippen molar-refractivity contribution < 1.29 is 4.74 Å². The van der Waals surface area contributed by atoms with Gasteiger partial charge in [-0.25, -0.2) is 9.97 Å². The van der Waals surface area contributed by atoms with Gasteiger partial charge in [0.25, 0.3) is 0 Å². The van der Waals surface area contributed by atoms with Crippen LogP contribution in [0, 0.1) is 0 Å². The van der Waals surface area contributed by atoms with E-state index in [2.05, 4.69) is 15.3 Å². The molecule has 4 nitrogen and oxygen atoms in total. The monoisotopic (exact) mass is 195 g/mol. The number of hydrogen-bond donors (Lipinski definition) is 1. The van der Waals surface area contributed by atoms with Gasteiger partial charge in [0, 0.05) is 26.0 Å². The standard InChI is InChI=1S/C10H17N3O/c1-10(2,14-3)8-11-7-9-12-5-4-6-13-9/h4-6,11H,7-8H2,1-3H3. The Morgan fingerprint density at radius 1 is 1.36 bits per heavy atom. The Kier molecular flexibility index (Phi) is 3.98. The molecule has 14 heavy (non-hydrogen) atoms. The molecular weight excluding hydrogens is 178 g/mol. The molecule has 1 aromatic heterocycles. The summed E-state index contributed by atoms with van der Waals surface area (Å²) in [5.41, 5.74) is -0.144. The minimum Gasteiger partial charge on any atom is -0.377 e. The van der Waals surface area contributed by atoms with E-state index in [0.29, 0.717) is 6.54 Å². The molecule has 0 atom stereocenters. The quantitative estimate of drug-likeness (QED) is 0.761. The molecule has 0 aromatic carbocycles. The Labute approximate surface area is 84.7 Å². The molecule has 0 amide bonds. The second-order valence-corrected chi connectivity index (χ2v) is 3.73. The van der Waals surface area contributed by atoms with Crippen LogP contribution in [0.25, 0.3) is 0 Å². The molecule has 1 heterocycles. The van der Waals surface area contributed by atoms with Crippen LogP contribution in [0.15, 0.2) is 18.5 Å². The van der Waals surface area contributed by atoms with Crippen LogP contribution in [0.2, 0.25) is 0 Å². The third kappa shape index (κ3) is 3.81. The van der Waals surface area contributed by atoms with Crippen molar-refractivity contribution in [2.75, 3.05) is 13.7 Å². The average Bonchev–Trinajstić information content (AvgIpc) is 2.19. The molecule has 1 N–H and O–H groups in total. The Morgan fingerprint density at radius 2 is 2.00 bits per heavy atom. The molecule has 0 aliphatic heterocycles. The fraction of sp³-hybridized carbons (Fsp3) is 0.600. The third-order valence-electron chi connectivity index (χ3n) is 2.01. The second-order valence-electron chi connectivity index (χ2n) is 3.73. The molecule has 1 rings (SSSR count). The van der Waals surface area contributed by atoms with Crippen LogP contribution in [-0.2, 0) is 11.3 Å². The SMILES string of the molecule is COC(C)(C)CNCc1ncccn1. The van der Waals surface area contributed by atoms with Crippen molar-refractivity contribution in [3.8, 4) is 0 Å². The van der Waals surface area contributed by atoms with Gasteiger partial charge in [-0.2, -0.15) is 0 Å². The highest BCUT2D eigenvalue weighted by Crippen LogP contribution is 2.04. The smallest absolute Gasteiger partial charge is 0.141 e. The van der Waals surface area contributed by atoms with Gasteiger partial charge in [-0.1, -0.05) is 0 Å². The van der Waals surface area contributed by atoms with Crippen LogP contribution in [0.4, 0.5) is 0 Å². The van der Waals surface area contributed by atoms with Gasteiger partial charge in [0.05, 0.1) is 12.1 Å². The fourth-order valence-corrected chi connectivity index (χ4v) is 0.969. The van der Waals surface area contributed by atoms with E-state index >= 15 is 0 Å². The molecule has 78 valence electrons. The van der Waals surface area contributed by atoms with Crippen LogP contribution < -0.4 is 5.32 Å². The van der Waals surface area contributed by atoms with Gasteiger partial charge in [0.2, 0.25) is 0 Å². The second kappa shape index (κ2) is 5.02. The maximum Gasteiger partial charge on any atom is 0.141 e. The van der Waals surface area contributed by atoms with Crippen LogP contribution in [0.3, 0.4) is 0 Å². The number of aromatic nitrogens is 2. The van der Waals surface area contributed by atoms with E-state index in [1.165, 1.54) is 0 Å². The molecule has 0 bridgehead atoms. The number of nitrogens with one attached hydrogen (secondary N) is 1. The highest BCUT2D eigenvalue weighted by Gasteiger charge is 2.15. The highest BCUT2D eigenvalue weighted by atomic mass is 16.5. The minimum absolute atomic E-state index is 0.144. The van der Waals surface area contributed by atoms with E-state index in [1.54, 1.807) is 19.5 Å². The zero-order valence-electron chi connectivity index (χ0n) is 8.95. The van der Waals surface area contributed by atoms with E-state index in [-0.39, 0.29) is 5.60 Å². The predicted octanol–water partition coefficient (Wildman–Crippen LogP) is 0.991. The molecule has 0 aliphatic carbocycles. The third-order valence-corrected chi connectivity index (χ3v) is 2.01. The van der Waals surface area contributed by atoms with Crippen molar-refractivity contribution in [1.82, 2.24) is 15.3 Å². The van der Waals surface area contributed by atoms with Crippen molar-refractivity contribution in [3.05, 3.63) is 24.3 Å². The Bertz CT molecular complexity index is 261. The summed E-state index contributed by atoms with van der Waals surface area (Å²) in [4.78, 5) is 8.22. The molecule has 0 unspecified atom stereocenters. The molecule has 0 saturated carbocycles. The zero-order chi connectivity index (χ0) is 10.4. The Hall–Kier alpha value is -1.00. The van der Waals surface area contributed by atoms with Crippen molar-refractivity contribution in [1.29, 1.82) is 0 Å². The molecule has 4 heteroatoms. The number of methoxy groups -OCH3 is 1. The number of rotatable bonds is 5. The lowest BCUT2D eigenvalue weighted by Gasteiger charge is -2.22. The summed E-state index contributed by atoms with van der Waals surface area (Å²) in [5, 5.41) is 3.24. The van der Waals surface area contributed by atoms with Gasteiger partial charge in [0.1, 0.15) is 5.82 Å². The molecule has 0 radical (unpaired) electrons. The Balaban J connectivity index is 2.29. The first kappa shape index (κ1) is 11.1. The molecule has 0 aliphatic rings. The van der Waals surface area contributed by atoms with Crippen molar-refractivity contribution >= 4 is 0 Å². The summed E-state index contributed by atoms with van der Waals surface area (Å²) in [6.45, 7) is 5.52. The maximum atomic E-state index is 5.27. The Morgan fingerprint density at radius 3 is 2.57 bits per heavy atom. The summed E-state index contributed by atoms with van der Waals surface area (Å²) in [5.74, 6) is 0.805. The molecule has 0 fully saturated rings. The van der Waals surface area contributed by atoms with Gasteiger partial charge >= 0.3 is 0 Å². The van der Waals surface area contributed by atoms with Gasteiger partial charge in [0.15, 0.2) is 0 Å². The first-order chi connectivity index (χ1) is 6.64. The van der Waals surface area contributed by atoms with Gasteiger partial charge in [-0.3, -0.25) is 0 Å². The summed E-state index contributed by atoms with van der Waals surface area (Å²) in [6, 6.07) is 1.81. The highest BCUT2D eigenvalue weighted by molar-refractivity contribution is 4.88. The first-order valence-corrected chi connectivity index (χ1v) is 4.66. The van der Waals surface area contributed by atoms with E-state index in [1.807, 2.05) is 19.9 Å². The van der Waals surface area contributed by atoms with Gasteiger partial charge in [-0.15, -0.1) is 0 Å². The van der Waals surface area contributed by atoms with Crippen LogP contribution in [0.1, 0.15) is 19.7 Å². The largest absolute Gasteiger partial charge is 0.377 e. The van der Waals surface area contributed by atoms with E-state index in [0.717, 1.165) is 12.4 Å². The summed E-state index contributed by atoms with van der Waals surface area (Å²) < 4.78 is 5.27. The predicted molar refractivity (Wildman–Crippen MR) is 54.8 cm³/mol. The van der Waals surface area contributed by atoms with E-state index in [4.69, 9.17) is 4.74 Å². The van der Waals surface area contributed by atoms with Crippen molar-refractivity contribution in [2.24, 2.45) is 0 Å². The number of ether oxygens (including phenoxy) is 1. The topological polar surface area (TPSA) is 47.0 Å². The van der Waals surface area contributed by atoms with Gasteiger partial charge in [-0.05, 0) is 19.9 Å². The average molecular weight is 195 g/mol. The van der Waals surface area contributed by atoms with Crippen LogP contribution in [0.5, 0.6) is 0 Å². The maximum absolute atomic E-state index is 5.27. The lowest BCUT2D eigenvalue weighted by atomic mass is 10.1. The lowest BCUT2D eigenvalue weighted by Crippen LogP contribution is -2.36. The normalized spacial score (nSPS) is 11.6. The molecular formula is C10H17N3O. The van der Waals surface area contributed by atoms with E-state index in [9.17, 15) is 0 Å². The summed E-state index contributed by atoms with van der Waals surface area (Å²) in [6.07, 6.45) is 3.48. The number of nitrogens with zero attached hydrogens (tertiary/aromatic N) is 2. The number of hydrogen-bond acceptors (Lipinski definition) is 4. The van der Waals surface area contributed by atoms with Gasteiger partial charge < -0.3 is 10.1 Å². The lowest BCUT2D eigenvalue weighted by molar-refractivity contribution is 0.0229. The van der Waals surface area contributed by atoms with Crippen molar-refractivity contribution in [2.45, 2.75) is 26.0 Å². The fourth-order valence-electron chi connectivity index (χ4n) is 0.969. The summed E-state index contributed by atoms with van der Waals surface area (Å²) >= 11 is 0.